The fourth-order valence-electron chi connectivity index (χ4n) is 1.01. The van der Waals surface area contributed by atoms with Crippen LogP contribution in [0.15, 0.2) is 22.4 Å². The highest BCUT2D eigenvalue weighted by molar-refractivity contribution is 14.1. The second-order valence-corrected chi connectivity index (χ2v) is 5.35. The summed E-state index contributed by atoms with van der Waals surface area (Å²) in [5, 5.41) is 3.92. The van der Waals surface area contributed by atoms with E-state index in [-0.39, 0.29) is 0 Å². The number of hydrogen-bond acceptors (Lipinski definition) is 2. The lowest BCUT2D eigenvalue weighted by atomic mass is 10.3. The highest BCUT2D eigenvalue weighted by atomic mass is 127. The average molecular weight is 327 g/mol. The summed E-state index contributed by atoms with van der Waals surface area (Å²) in [6.07, 6.45) is 0. The first-order valence-electron chi connectivity index (χ1n) is 3.23. The number of rotatable bonds is 0. The lowest BCUT2D eigenvalue weighted by molar-refractivity contribution is 1.47. The van der Waals surface area contributed by atoms with Crippen LogP contribution in [0.1, 0.15) is 0 Å². The predicted octanol–water partition coefficient (Wildman–Crippen LogP) is 4.45. The van der Waals surface area contributed by atoms with Crippen molar-refractivity contribution in [3.8, 4) is 0 Å². The number of benzene rings is 1. The topological polar surface area (TPSA) is 0 Å². The normalized spacial score (nSPS) is 10.9. The van der Waals surface area contributed by atoms with Gasteiger partial charge in [-0.15, -0.1) is 24.0 Å². The summed E-state index contributed by atoms with van der Waals surface area (Å²) in [5.41, 5.74) is 0. The number of halogens is 2. The van der Waals surface area contributed by atoms with E-state index in [0.29, 0.717) is 0 Å². The van der Waals surface area contributed by atoms with Gasteiger partial charge in [-0.1, -0.05) is 11.6 Å². The van der Waals surface area contributed by atoms with Gasteiger partial charge >= 0.3 is 0 Å². The van der Waals surface area contributed by atoms with Crippen LogP contribution in [-0.2, 0) is 0 Å². The first kappa shape index (κ1) is 9.12. The molecule has 0 saturated heterocycles. The summed E-state index contributed by atoms with van der Waals surface area (Å²) in [4.78, 5) is 1.02. The third-order valence-electron chi connectivity index (χ3n) is 1.60. The minimum absolute atomic E-state index is 0.834. The second-order valence-electron chi connectivity index (χ2n) is 2.38. The second kappa shape index (κ2) is 3.36. The summed E-state index contributed by atoms with van der Waals surface area (Å²) >= 11 is 14.2. The van der Waals surface area contributed by atoms with Gasteiger partial charge in [0.15, 0.2) is 0 Å². The maximum Gasteiger partial charge on any atom is 0.0592 e. The Morgan fingerprint density at radius 3 is 2.92 bits per heavy atom. The largest absolute Gasteiger partial charge is 0.142 e. The summed E-state index contributed by atoms with van der Waals surface area (Å²) in [6, 6.07) is 4.12. The minimum atomic E-state index is 0.834. The van der Waals surface area contributed by atoms with Crippen LogP contribution in [0, 0.1) is 3.57 Å². The van der Waals surface area contributed by atoms with E-state index in [2.05, 4.69) is 47.4 Å². The molecule has 12 heavy (non-hydrogen) atoms. The molecular formula is C8H4ClIS2. The Balaban J connectivity index is 2.87. The molecule has 0 N–H and O–H groups in total. The highest BCUT2D eigenvalue weighted by Crippen LogP contribution is 2.33. The Labute approximate surface area is 98.5 Å². The van der Waals surface area contributed by atoms with Gasteiger partial charge in [0, 0.05) is 23.9 Å². The van der Waals surface area contributed by atoms with E-state index in [1.165, 1.54) is 4.70 Å². The van der Waals surface area contributed by atoms with Crippen molar-refractivity contribution in [3.05, 3.63) is 26.1 Å². The number of thiophene rings is 1. The molecule has 1 aromatic heterocycles. The van der Waals surface area contributed by atoms with Crippen LogP contribution in [0.4, 0.5) is 0 Å². The van der Waals surface area contributed by atoms with Crippen molar-refractivity contribution in [2.24, 2.45) is 0 Å². The first-order valence-corrected chi connectivity index (χ1v) is 6.02. The van der Waals surface area contributed by atoms with Crippen molar-refractivity contribution in [2.75, 3.05) is 0 Å². The van der Waals surface area contributed by atoms with Gasteiger partial charge < -0.3 is 0 Å². The molecule has 0 unspecified atom stereocenters. The molecule has 2 aromatic rings. The van der Waals surface area contributed by atoms with Crippen LogP contribution in [0.3, 0.4) is 0 Å². The van der Waals surface area contributed by atoms with Gasteiger partial charge in [0.25, 0.3) is 0 Å². The smallest absolute Gasteiger partial charge is 0.0592 e. The molecule has 0 spiro atoms. The molecule has 0 aliphatic heterocycles. The summed E-state index contributed by atoms with van der Waals surface area (Å²) in [6.45, 7) is 0. The van der Waals surface area contributed by atoms with Gasteiger partial charge in [-0.25, -0.2) is 0 Å². The average Bonchev–Trinajstić information content (AvgIpc) is 2.35. The Morgan fingerprint density at radius 1 is 1.42 bits per heavy atom. The van der Waals surface area contributed by atoms with Crippen molar-refractivity contribution in [1.82, 2.24) is 0 Å². The van der Waals surface area contributed by atoms with Gasteiger partial charge in [0.05, 0.1) is 5.02 Å². The molecule has 0 atom stereocenters. The van der Waals surface area contributed by atoms with Gasteiger partial charge in [-0.05, 0) is 34.7 Å². The van der Waals surface area contributed by atoms with Crippen LogP contribution in [0.25, 0.3) is 10.1 Å². The van der Waals surface area contributed by atoms with E-state index in [4.69, 9.17) is 11.6 Å². The van der Waals surface area contributed by atoms with Crippen molar-refractivity contribution >= 4 is 68.2 Å². The zero-order chi connectivity index (χ0) is 8.72. The zero-order valence-corrected chi connectivity index (χ0v) is 10.5. The van der Waals surface area contributed by atoms with Gasteiger partial charge in [-0.2, -0.15) is 0 Å². The van der Waals surface area contributed by atoms with Crippen LogP contribution >= 0.6 is 58.2 Å². The van der Waals surface area contributed by atoms with Crippen LogP contribution < -0.4 is 0 Å². The fraction of sp³-hybridized carbons (Fsp3) is 0. The fourth-order valence-corrected chi connectivity index (χ4v) is 2.94. The molecular weight excluding hydrogens is 323 g/mol. The van der Waals surface area contributed by atoms with Crippen molar-refractivity contribution in [1.29, 1.82) is 0 Å². The third-order valence-corrected chi connectivity index (χ3v) is 4.67. The van der Waals surface area contributed by atoms with Crippen molar-refractivity contribution < 1.29 is 0 Å². The molecule has 0 bridgehead atoms. The molecule has 0 aliphatic carbocycles. The summed E-state index contributed by atoms with van der Waals surface area (Å²) in [5.74, 6) is 0. The number of thiol groups is 1. The van der Waals surface area contributed by atoms with E-state index in [1.807, 2.05) is 5.38 Å². The molecule has 1 aromatic carbocycles. The van der Waals surface area contributed by atoms with Gasteiger partial charge in [-0.3, -0.25) is 0 Å². The van der Waals surface area contributed by atoms with Crippen LogP contribution in [0.5, 0.6) is 0 Å². The molecule has 1 heterocycles. The third kappa shape index (κ3) is 1.47. The lowest BCUT2D eigenvalue weighted by Gasteiger charge is -1.96. The molecule has 0 radical (unpaired) electrons. The highest BCUT2D eigenvalue weighted by Gasteiger charge is 2.04. The number of hydrogen-bond donors (Lipinski definition) is 1. The Kier molecular flexibility index (Phi) is 2.56. The molecule has 0 aliphatic rings. The molecule has 4 heteroatoms. The van der Waals surface area contributed by atoms with E-state index in [0.717, 1.165) is 18.9 Å². The van der Waals surface area contributed by atoms with Crippen molar-refractivity contribution in [2.45, 2.75) is 4.90 Å². The molecule has 0 nitrogen and oxygen atoms in total. The Hall–Kier alpha value is 0.550. The molecule has 0 amide bonds. The monoisotopic (exact) mass is 326 g/mol. The van der Waals surface area contributed by atoms with Crippen LogP contribution in [0.2, 0.25) is 5.02 Å². The quantitative estimate of drug-likeness (QED) is 0.537. The molecule has 2 rings (SSSR count). The van der Waals surface area contributed by atoms with Crippen molar-refractivity contribution in [3.63, 3.8) is 0 Å². The SMILES string of the molecule is Sc1cc2scc(Cl)c2cc1I. The van der Waals surface area contributed by atoms with E-state index < -0.39 is 0 Å². The van der Waals surface area contributed by atoms with E-state index in [1.54, 1.807) is 11.3 Å². The number of fused-ring (bicyclic) bond motifs is 1. The minimum Gasteiger partial charge on any atom is -0.142 e. The molecule has 0 fully saturated rings. The molecule has 62 valence electrons. The van der Waals surface area contributed by atoms with E-state index in [9.17, 15) is 0 Å². The maximum absolute atomic E-state index is 5.98. The first-order chi connectivity index (χ1) is 5.68. The maximum atomic E-state index is 5.98. The van der Waals surface area contributed by atoms with Crippen LogP contribution in [-0.4, -0.2) is 0 Å². The summed E-state index contributed by atoms with van der Waals surface area (Å²) in [7, 11) is 0. The van der Waals surface area contributed by atoms with Gasteiger partial charge in [0.2, 0.25) is 0 Å². The molecule has 0 saturated carbocycles. The summed E-state index contributed by atoms with van der Waals surface area (Å²) < 4.78 is 2.34. The Bertz CT molecular complexity index is 436. The predicted molar refractivity (Wildman–Crippen MR) is 66.8 cm³/mol. The lowest BCUT2D eigenvalue weighted by Crippen LogP contribution is -1.73. The van der Waals surface area contributed by atoms with Gasteiger partial charge in [0.1, 0.15) is 0 Å². The Morgan fingerprint density at radius 2 is 2.17 bits per heavy atom. The standard InChI is InChI=1S/C8H4ClIS2/c9-5-3-12-8-2-7(11)6(10)1-4(5)8/h1-3,11H. The zero-order valence-electron chi connectivity index (χ0n) is 5.84. The van der Waals surface area contributed by atoms with E-state index >= 15 is 0 Å².